The number of aryl methyl sites for hydroxylation is 1. The number of anilines is 1. The number of carbonyl (C=O) groups is 1. The van der Waals surface area contributed by atoms with Gasteiger partial charge in [0, 0.05) is 18.2 Å². The van der Waals surface area contributed by atoms with Crippen molar-refractivity contribution in [2.45, 2.75) is 19.0 Å². The van der Waals surface area contributed by atoms with Crippen LogP contribution in [0.3, 0.4) is 0 Å². The normalized spacial score (nSPS) is 17.4. The average Bonchev–Trinajstić information content (AvgIpc) is 3.07. The SMILES string of the molecule is Cc1cc(C(=O)N2CC(CO)c3ccccc32)c(C(F)(F)F)o1. The first-order valence-corrected chi connectivity index (χ1v) is 7.02. The van der Waals surface area contributed by atoms with Crippen molar-refractivity contribution in [2.24, 2.45) is 0 Å². The fraction of sp³-hybridized carbons (Fsp3) is 0.312. The largest absolute Gasteiger partial charge is 0.456 e. The summed E-state index contributed by atoms with van der Waals surface area (Å²) in [6, 6.07) is 7.97. The summed E-state index contributed by atoms with van der Waals surface area (Å²) in [5, 5.41) is 9.43. The molecule has 0 bridgehead atoms. The molecule has 1 atom stereocenters. The molecule has 0 saturated heterocycles. The Labute approximate surface area is 130 Å². The highest BCUT2D eigenvalue weighted by Gasteiger charge is 2.42. The van der Waals surface area contributed by atoms with Gasteiger partial charge in [-0.1, -0.05) is 18.2 Å². The molecule has 1 unspecified atom stereocenters. The molecule has 122 valence electrons. The number of para-hydroxylation sites is 1. The molecule has 0 spiro atoms. The molecule has 1 aliphatic heterocycles. The summed E-state index contributed by atoms with van der Waals surface area (Å²) in [4.78, 5) is 13.9. The van der Waals surface area contributed by atoms with Crippen molar-refractivity contribution < 1.29 is 27.5 Å². The lowest BCUT2D eigenvalue weighted by Gasteiger charge is -2.18. The Balaban J connectivity index is 2.03. The molecule has 1 aromatic carbocycles. The highest BCUT2D eigenvalue weighted by atomic mass is 19.4. The summed E-state index contributed by atoms with van der Waals surface area (Å²) < 4.78 is 43.8. The van der Waals surface area contributed by atoms with Crippen molar-refractivity contribution in [3.05, 3.63) is 53.0 Å². The maximum Gasteiger partial charge on any atom is 0.450 e. The van der Waals surface area contributed by atoms with E-state index in [9.17, 15) is 23.1 Å². The summed E-state index contributed by atoms with van der Waals surface area (Å²) >= 11 is 0. The number of halogens is 3. The number of carbonyl (C=O) groups excluding carboxylic acids is 1. The van der Waals surface area contributed by atoms with Crippen LogP contribution >= 0.6 is 0 Å². The van der Waals surface area contributed by atoms with Gasteiger partial charge in [-0.05, 0) is 24.6 Å². The predicted molar refractivity (Wildman–Crippen MR) is 76.4 cm³/mol. The van der Waals surface area contributed by atoms with E-state index in [2.05, 4.69) is 4.42 Å². The lowest BCUT2D eigenvalue weighted by atomic mass is 10.0. The number of aliphatic hydroxyl groups excluding tert-OH is 1. The fourth-order valence-corrected chi connectivity index (χ4v) is 2.87. The van der Waals surface area contributed by atoms with E-state index in [-0.39, 0.29) is 24.8 Å². The first kappa shape index (κ1) is 15.6. The maximum atomic E-state index is 13.0. The zero-order chi connectivity index (χ0) is 16.8. The Morgan fingerprint density at radius 1 is 1.39 bits per heavy atom. The van der Waals surface area contributed by atoms with E-state index in [4.69, 9.17) is 0 Å². The van der Waals surface area contributed by atoms with Gasteiger partial charge in [-0.3, -0.25) is 4.79 Å². The molecular formula is C16H14F3NO3. The van der Waals surface area contributed by atoms with E-state index in [0.717, 1.165) is 11.6 Å². The van der Waals surface area contributed by atoms with Crippen molar-refractivity contribution in [2.75, 3.05) is 18.1 Å². The zero-order valence-corrected chi connectivity index (χ0v) is 12.2. The smallest absolute Gasteiger partial charge is 0.450 e. The zero-order valence-electron chi connectivity index (χ0n) is 12.2. The second kappa shape index (κ2) is 5.42. The fourth-order valence-electron chi connectivity index (χ4n) is 2.87. The Morgan fingerprint density at radius 2 is 2.09 bits per heavy atom. The molecule has 1 N–H and O–H groups in total. The number of hydrogen-bond donors (Lipinski definition) is 1. The highest BCUT2D eigenvalue weighted by Crippen LogP contribution is 2.39. The van der Waals surface area contributed by atoms with Gasteiger partial charge in [0.05, 0.1) is 12.2 Å². The molecule has 1 amide bonds. The minimum absolute atomic E-state index is 0.0202. The monoisotopic (exact) mass is 325 g/mol. The summed E-state index contributed by atoms with van der Waals surface area (Å²) in [7, 11) is 0. The van der Waals surface area contributed by atoms with Gasteiger partial charge in [-0.15, -0.1) is 0 Å². The predicted octanol–water partition coefficient (Wildman–Crippen LogP) is 3.34. The van der Waals surface area contributed by atoms with Crippen LogP contribution < -0.4 is 4.90 Å². The van der Waals surface area contributed by atoms with Crippen LogP contribution in [0.25, 0.3) is 0 Å². The standard InChI is InChI=1S/C16H14F3NO3/c1-9-6-12(14(23-9)16(17,18)19)15(22)20-7-10(8-21)11-4-2-3-5-13(11)20/h2-6,10,21H,7-8H2,1H3. The summed E-state index contributed by atoms with van der Waals surface area (Å²) in [5.41, 5.74) is 0.754. The number of fused-ring (bicyclic) bond motifs is 1. The second-order valence-corrected chi connectivity index (χ2v) is 5.45. The Kier molecular flexibility index (Phi) is 3.68. The first-order chi connectivity index (χ1) is 10.8. The van der Waals surface area contributed by atoms with Crippen LogP contribution in [-0.2, 0) is 6.18 Å². The van der Waals surface area contributed by atoms with Gasteiger partial charge in [-0.25, -0.2) is 0 Å². The van der Waals surface area contributed by atoms with Crippen LogP contribution in [0.2, 0.25) is 0 Å². The molecule has 2 aromatic rings. The third-order valence-electron chi connectivity index (χ3n) is 3.88. The molecule has 1 aliphatic rings. The molecule has 3 rings (SSSR count). The number of amides is 1. The number of furan rings is 1. The Hall–Kier alpha value is -2.28. The van der Waals surface area contributed by atoms with Crippen molar-refractivity contribution in [3.8, 4) is 0 Å². The molecule has 1 aromatic heterocycles. The molecule has 23 heavy (non-hydrogen) atoms. The maximum absolute atomic E-state index is 13.0. The third-order valence-corrected chi connectivity index (χ3v) is 3.88. The van der Waals surface area contributed by atoms with Crippen molar-refractivity contribution in [1.82, 2.24) is 0 Å². The van der Waals surface area contributed by atoms with Gasteiger partial charge in [0.1, 0.15) is 5.76 Å². The molecule has 2 heterocycles. The number of alkyl halides is 3. The van der Waals surface area contributed by atoms with Crippen LogP contribution in [0.15, 0.2) is 34.7 Å². The molecule has 0 saturated carbocycles. The lowest BCUT2D eigenvalue weighted by Crippen LogP contribution is -2.31. The molecule has 0 radical (unpaired) electrons. The number of benzene rings is 1. The van der Waals surface area contributed by atoms with E-state index in [1.807, 2.05) is 0 Å². The van der Waals surface area contributed by atoms with Gasteiger partial charge < -0.3 is 14.4 Å². The van der Waals surface area contributed by atoms with Gasteiger partial charge >= 0.3 is 6.18 Å². The van der Waals surface area contributed by atoms with E-state index < -0.39 is 23.4 Å². The van der Waals surface area contributed by atoms with Crippen molar-refractivity contribution in [1.29, 1.82) is 0 Å². The van der Waals surface area contributed by atoms with Gasteiger partial charge in [-0.2, -0.15) is 13.2 Å². The van der Waals surface area contributed by atoms with Gasteiger partial charge in [0.25, 0.3) is 5.91 Å². The minimum atomic E-state index is -4.74. The van der Waals surface area contributed by atoms with Crippen LogP contribution in [-0.4, -0.2) is 24.2 Å². The second-order valence-electron chi connectivity index (χ2n) is 5.45. The summed E-state index contributed by atoms with van der Waals surface area (Å²) in [6.07, 6.45) is -4.74. The van der Waals surface area contributed by atoms with E-state index in [1.54, 1.807) is 24.3 Å². The lowest BCUT2D eigenvalue weighted by molar-refractivity contribution is -0.153. The van der Waals surface area contributed by atoms with Crippen molar-refractivity contribution >= 4 is 11.6 Å². The molecule has 0 fully saturated rings. The van der Waals surface area contributed by atoms with Crippen LogP contribution in [0, 0.1) is 6.92 Å². The average molecular weight is 325 g/mol. The highest BCUT2D eigenvalue weighted by molar-refractivity contribution is 6.08. The quantitative estimate of drug-likeness (QED) is 0.921. The van der Waals surface area contributed by atoms with Gasteiger partial charge in [0.2, 0.25) is 5.76 Å². The topological polar surface area (TPSA) is 53.7 Å². The number of rotatable bonds is 2. The molecule has 0 aliphatic carbocycles. The number of nitrogens with zero attached hydrogens (tertiary/aromatic N) is 1. The first-order valence-electron chi connectivity index (χ1n) is 7.02. The summed E-state index contributed by atoms with van der Waals surface area (Å²) in [6.45, 7) is 1.31. The number of hydrogen-bond acceptors (Lipinski definition) is 3. The van der Waals surface area contributed by atoms with Crippen LogP contribution in [0.5, 0.6) is 0 Å². The van der Waals surface area contributed by atoms with E-state index in [0.29, 0.717) is 5.69 Å². The van der Waals surface area contributed by atoms with Crippen LogP contribution in [0.4, 0.5) is 18.9 Å². The van der Waals surface area contributed by atoms with Crippen LogP contribution in [0.1, 0.15) is 33.4 Å². The minimum Gasteiger partial charge on any atom is -0.456 e. The van der Waals surface area contributed by atoms with Gasteiger partial charge in [0.15, 0.2) is 0 Å². The molecular weight excluding hydrogens is 311 g/mol. The number of aliphatic hydroxyl groups is 1. The van der Waals surface area contributed by atoms with E-state index in [1.165, 1.54) is 11.8 Å². The molecule has 7 heteroatoms. The van der Waals surface area contributed by atoms with E-state index >= 15 is 0 Å². The summed E-state index contributed by atoms with van der Waals surface area (Å²) in [5.74, 6) is -2.35. The Bertz CT molecular complexity index is 751. The van der Waals surface area contributed by atoms with Crippen molar-refractivity contribution in [3.63, 3.8) is 0 Å². The third kappa shape index (κ3) is 2.61. The Morgan fingerprint density at radius 3 is 2.74 bits per heavy atom. The molecule has 4 nitrogen and oxygen atoms in total.